The molecule has 1 aromatic heterocycles. The number of hydrogen-bond acceptors (Lipinski definition) is 5. The fraction of sp³-hybridized carbons (Fsp3) is 0.444. The van der Waals surface area contributed by atoms with Crippen LogP contribution in [0.1, 0.15) is 25.3 Å². The van der Waals surface area contributed by atoms with Gasteiger partial charge in [-0.15, -0.1) is 0 Å². The predicted molar refractivity (Wildman–Crippen MR) is 66.8 cm³/mol. The summed E-state index contributed by atoms with van der Waals surface area (Å²) in [4.78, 5) is 3.66. The first-order chi connectivity index (χ1) is 8.55. The zero-order chi connectivity index (χ0) is 15.1. The Morgan fingerprint density at radius 2 is 1.68 bits per heavy atom. The van der Waals surface area contributed by atoms with E-state index in [1.54, 1.807) is 12.1 Å². The Morgan fingerprint density at radius 3 is 2.11 bits per heavy atom. The first-order valence-electron chi connectivity index (χ1n) is 5.17. The van der Waals surface area contributed by atoms with E-state index in [-0.39, 0.29) is 5.03 Å². The number of hydrogen-bond donors (Lipinski definition) is 3. The minimum Gasteiger partial charge on any atom is -0.281 e. The summed E-state index contributed by atoms with van der Waals surface area (Å²) < 4.78 is 62.3. The molecule has 10 heteroatoms. The molecule has 0 saturated heterocycles. The van der Waals surface area contributed by atoms with Crippen molar-refractivity contribution in [2.24, 2.45) is 0 Å². The fourth-order valence-corrected chi connectivity index (χ4v) is 1.91. The van der Waals surface area contributed by atoms with E-state index in [1.165, 1.54) is 6.20 Å². The van der Waals surface area contributed by atoms with Crippen molar-refractivity contribution in [2.45, 2.75) is 31.2 Å². The van der Waals surface area contributed by atoms with Gasteiger partial charge in [-0.1, -0.05) is 19.4 Å². The Kier molecular flexibility index (Phi) is 7.08. The van der Waals surface area contributed by atoms with E-state index >= 15 is 0 Å². The Labute approximate surface area is 111 Å². The van der Waals surface area contributed by atoms with E-state index in [2.05, 4.69) is 4.98 Å². The maximum atomic E-state index is 10.9. The first kappa shape index (κ1) is 17.9. The second-order valence-electron chi connectivity index (χ2n) is 3.49. The molecule has 8 nitrogen and oxygen atoms in total. The first-order valence-corrected chi connectivity index (χ1v) is 8.00. The van der Waals surface area contributed by atoms with Crippen molar-refractivity contribution < 1.29 is 30.5 Å². The molecule has 0 radical (unpaired) electrons. The zero-order valence-corrected chi connectivity index (χ0v) is 11.7. The highest BCUT2D eigenvalue weighted by Crippen LogP contribution is 2.14. The van der Waals surface area contributed by atoms with Crippen LogP contribution in [0.5, 0.6) is 0 Å². The Morgan fingerprint density at radius 1 is 1.16 bits per heavy atom. The van der Waals surface area contributed by atoms with Crippen LogP contribution in [0.25, 0.3) is 0 Å². The van der Waals surface area contributed by atoms with Crippen LogP contribution in [0.3, 0.4) is 0 Å². The summed E-state index contributed by atoms with van der Waals surface area (Å²) in [6.07, 6.45) is 3.84. The Hall–Kier alpha value is -1.07. The SMILES string of the molecule is CCCCc1cccnc1S(=O)(=O)O.O=S(=O)(O)O. The maximum Gasteiger partial charge on any atom is 0.394 e. The predicted octanol–water partition coefficient (Wildman–Crippen LogP) is 1.02. The number of nitrogens with zero attached hydrogens (tertiary/aromatic N) is 1. The highest BCUT2D eigenvalue weighted by molar-refractivity contribution is 7.85. The molecule has 1 rings (SSSR count). The monoisotopic (exact) mass is 313 g/mol. The molecule has 110 valence electrons. The van der Waals surface area contributed by atoms with Crippen molar-refractivity contribution in [3.05, 3.63) is 23.9 Å². The van der Waals surface area contributed by atoms with E-state index in [9.17, 15) is 8.42 Å². The van der Waals surface area contributed by atoms with E-state index in [4.69, 9.17) is 22.1 Å². The second kappa shape index (κ2) is 7.50. The van der Waals surface area contributed by atoms with Crippen molar-refractivity contribution in [3.8, 4) is 0 Å². The molecular formula is C9H15NO7S2. The normalized spacial score (nSPS) is 11.6. The van der Waals surface area contributed by atoms with Crippen molar-refractivity contribution in [1.82, 2.24) is 4.98 Å². The van der Waals surface area contributed by atoms with Gasteiger partial charge in [0.15, 0.2) is 5.03 Å². The van der Waals surface area contributed by atoms with Crippen LogP contribution in [0.4, 0.5) is 0 Å². The minimum absolute atomic E-state index is 0.214. The highest BCUT2D eigenvalue weighted by Gasteiger charge is 2.15. The van der Waals surface area contributed by atoms with Gasteiger partial charge in [-0.25, -0.2) is 4.98 Å². The van der Waals surface area contributed by atoms with E-state index in [1.807, 2.05) is 6.92 Å². The molecule has 1 heterocycles. The van der Waals surface area contributed by atoms with Crippen LogP contribution in [-0.4, -0.2) is 35.5 Å². The summed E-state index contributed by atoms with van der Waals surface area (Å²) in [5.74, 6) is 0. The molecule has 1 aromatic rings. The number of pyridine rings is 1. The lowest BCUT2D eigenvalue weighted by molar-refractivity contribution is 0.381. The minimum atomic E-state index is -4.67. The maximum absolute atomic E-state index is 10.9. The van der Waals surface area contributed by atoms with Crippen molar-refractivity contribution in [1.29, 1.82) is 0 Å². The molecule has 0 unspecified atom stereocenters. The van der Waals surface area contributed by atoms with Crippen molar-refractivity contribution in [2.75, 3.05) is 0 Å². The molecule has 0 amide bonds. The molecule has 0 fully saturated rings. The van der Waals surface area contributed by atoms with Crippen molar-refractivity contribution >= 4 is 20.5 Å². The van der Waals surface area contributed by atoms with Crippen LogP contribution in [0, 0.1) is 0 Å². The molecule has 0 atom stereocenters. The highest BCUT2D eigenvalue weighted by atomic mass is 32.3. The number of aromatic nitrogens is 1. The van der Waals surface area contributed by atoms with E-state index in [0.717, 1.165) is 12.8 Å². The van der Waals surface area contributed by atoms with Crippen LogP contribution in [-0.2, 0) is 26.9 Å². The van der Waals surface area contributed by atoms with Gasteiger partial charge in [0.1, 0.15) is 0 Å². The lowest BCUT2D eigenvalue weighted by Crippen LogP contribution is -2.05. The molecule has 0 saturated carbocycles. The fourth-order valence-electron chi connectivity index (χ4n) is 1.21. The van der Waals surface area contributed by atoms with Gasteiger partial charge in [-0.2, -0.15) is 16.8 Å². The van der Waals surface area contributed by atoms with Gasteiger partial charge >= 0.3 is 20.5 Å². The third-order valence-corrected chi connectivity index (χ3v) is 2.75. The smallest absolute Gasteiger partial charge is 0.281 e. The Balaban J connectivity index is 0.000000555. The molecule has 19 heavy (non-hydrogen) atoms. The third kappa shape index (κ3) is 9.50. The summed E-state index contributed by atoms with van der Waals surface area (Å²) in [6.45, 7) is 2.02. The number of aryl methyl sites for hydroxylation is 1. The van der Waals surface area contributed by atoms with Gasteiger partial charge in [0, 0.05) is 6.20 Å². The molecule has 0 aliphatic rings. The topological polar surface area (TPSA) is 142 Å². The van der Waals surface area contributed by atoms with Crippen molar-refractivity contribution in [3.63, 3.8) is 0 Å². The average Bonchev–Trinajstić information content (AvgIpc) is 2.23. The van der Waals surface area contributed by atoms with Gasteiger partial charge in [-0.05, 0) is 24.5 Å². The summed E-state index contributed by atoms with van der Waals surface area (Å²) in [5.41, 5.74) is 0.580. The zero-order valence-electron chi connectivity index (χ0n) is 10.1. The van der Waals surface area contributed by atoms with Gasteiger partial charge in [0.05, 0.1) is 0 Å². The number of unbranched alkanes of at least 4 members (excludes halogenated alkanes) is 1. The van der Waals surface area contributed by atoms with Gasteiger partial charge in [0.25, 0.3) is 0 Å². The standard InChI is InChI=1S/C9H13NO3S.H2O4S/c1-2-3-5-8-6-4-7-10-9(8)14(11,12)13;1-5(2,3)4/h4,6-7H,2-3,5H2,1H3,(H,11,12,13);(H2,1,2,3,4). The summed E-state index contributed by atoms with van der Waals surface area (Å²) in [6, 6.07) is 3.34. The summed E-state index contributed by atoms with van der Waals surface area (Å²) in [7, 11) is -8.84. The average molecular weight is 313 g/mol. The molecule has 0 spiro atoms. The molecule has 0 bridgehead atoms. The summed E-state index contributed by atoms with van der Waals surface area (Å²) >= 11 is 0. The van der Waals surface area contributed by atoms with E-state index < -0.39 is 20.5 Å². The lowest BCUT2D eigenvalue weighted by Gasteiger charge is -2.03. The van der Waals surface area contributed by atoms with Crippen LogP contribution >= 0.6 is 0 Å². The van der Waals surface area contributed by atoms with E-state index in [0.29, 0.717) is 12.0 Å². The molecule has 0 aliphatic heterocycles. The van der Waals surface area contributed by atoms with Gasteiger partial charge < -0.3 is 0 Å². The lowest BCUT2D eigenvalue weighted by atomic mass is 10.1. The second-order valence-corrected chi connectivity index (χ2v) is 5.73. The third-order valence-electron chi connectivity index (χ3n) is 1.89. The summed E-state index contributed by atoms with van der Waals surface area (Å²) in [5, 5.41) is -0.214. The largest absolute Gasteiger partial charge is 0.394 e. The van der Waals surface area contributed by atoms with Crippen LogP contribution < -0.4 is 0 Å². The molecule has 0 aromatic carbocycles. The molecule has 0 aliphatic carbocycles. The van der Waals surface area contributed by atoms with Gasteiger partial charge in [-0.3, -0.25) is 13.7 Å². The van der Waals surface area contributed by atoms with Crippen LogP contribution in [0.2, 0.25) is 0 Å². The number of rotatable bonds is 4. The van der Waals surface area contributed by atoms with Gasteiger partial charge in [0.2, 0.25) is 0 Å². The Bertz CT molecular complexity index is 587. The molecule has 3 N–H and O–H groups in total. The quantitative estimate of drug-likeness (QED) is 0.699. The van der Waals surface area contributed by atoms with Crippen LogP contribution in [0.15, 0.2) is 23.4 Å². The molecular weight excluding hydrogens is 298 g/mol.